The van der Waals surface area contributed by atoms with Crippen LogP contribution in [-0.4, -0.2) is 65.7 Å². The van der Waals surface area contributed by atoms with E-state index in [-0.39, 0.29) is 24.6 Å². The molecule has 2 aromatic rings. The Balaban J connectivity index is 1.79. The molecule has 8 nitrogen and oxygen atoms in total. The number of allylic oxidation sites excluding steroid dienone is 2. The van der Waals surface area contributed by atoms with E-state index in [1.54, 1.807) is 23.1 Å². The number of carbonyl (C=O) groups is 3. The standard InChI is InChI=1S/C21H20N4O4/c1-3-4-5-17(26)24-8-10-25(11-9-24)21(28)20(27)15-13-23-19-14(12-22)6-7-16(29-2)18(15)19/h3-7,13,23H,1,8-11H2,2H3/b5-4+. The van der Waals surface area contributed by atoms with Crippen LogP contribution in [0.5, 0.6) is 5.75 Å². The molecule has 29 heavy (non-hydrogen) atoms. The van der Waals surface area contributed by atoms with Crippen molar-refractivity contribution in [3.05, 3.63) is 54.3 Å². The molecule has 0 aliphatic carbocycles. The van der Waals surface area contributed by atoms with Crippen molar-refractivity contribution >= 4 is 28.5 Å². The first-order valence-corrected chi connectivity index (χ1v) is 9.01. The quantitative estimate of drug-likeness (QED) is 0.360. The summed E-state index contributed by atoms with van der Waals surface area (Å²) in [7, 11) is 1.46. The number of methoxy groups -OCH3 is 1. The van der Waals surface area contributed by atoms with Gasteiger partial charge in [0.2, 0.25) is 5.91 Å². The number of nitrogens with one attached hydrogen (secondary N) is 1. The molecule has 1 aromatic heterocycles. The molecule has 8 heteroatoms. The summed E-state index contributed by atoms with van der Waals surface area (Å²) in [5.41, 5.74) is 0.964. The Bertz CT molecular complexity index is 1050. The Hall–Kier alpha value is -3.86. The molecular formula is C21H20N4O4. The smallest absolute Gasteiger partial charge is 0.295 e. The molecule has 0 saturated carbocycles. The molecule has 3 rings (SSSR count). The zero-order valence-corrected chi connectivity index (χ0v) is 16.0. The number of rotatable bonds is 5. The summed E-state index contributed by atoms with van der Waals surface area (Å²) in [4.78, 5) is 43.6. The predicted molar refractivity (Wildman–Crippen MR) is 106 cm³/mol. The fraction of sp³-hybridized carbons (Fsp3) is 0.238. The van der Waals surface area contributed by atoms with E-state index in [1.807, 2.05) is 0 Å². The van der Waals surface area contributed by atoms with E-state index in [2.05, 4.69) is 17.6 Å². The fourth-order valence-electron chi connectivity index (χ4n) is 3.30. The van der Waals surface area contributed by atoms with Crippen LogP contribution < -0.4 is 4.74 Å². The summed E-state index contributed by atoms with van der Waals surface area (Å²) < 4.78 is 5.31. The molecule has 2 heterocycles. The zero-order valence-electron chi connectivity index (χ0n) is 16.0. The van der Waals surface area contributed by atoms with Gasteiger partial charge in [-0.3, -0.25) is 14.4 Å². The van der Waals surface area contributed by atoms with Crippen LogP contribution in [0.4, 0.5) is 0 Å². The Morgan fingerprint density at radius 1 is 1.21 bits per heavy atom. The van der Waals surface area contributed by atoms with Gasteiger partial charge in [0, 0.05) is 38.5 Å². The molecule has 1 aliphatic heterocycles. The van der Waals surface area contributed by atoms with Crippen molar-refractivity contribution in [2.75, 3.05) is 33.3 Å². The third kappa shape index (κ3) is 3.75. The van der Waals surface area contributed by atoms with Gasteiger partial charge in [-0.1, -0.05) is 18.7 Å². The molecule has 148 valence electrons. The number of hydrogen-bond acceptors (Lipinski definition) is 5. The zero-order chi connectivity index (χ0) is 21.0. The van der Waals surface area contributed by atoms with Gasteiger partial charge in [-0.15, -0.1) is 0 Å². The highest BCUT2D eigenvalue weighted by atomic mass is 16.5. The van der Waals surface area contributed by atoms with Gasteiger partial charge in [0.25, 0.3) is 11.7 Å². The van der Waals surface area contributed by atoms with Gasteiger partial charge in [0.05, 0.1) is 29.1 Å². The number of ether oxygens (including phenoxy) is 1. The van der Waals surface area contributed by atoms with E-state index in [9.17, 15) is 19.6 Å². The van der Waals surface area contributed by atoms with Gasteiger partial charge in [-0.2, -0.15) is 5.26 Å². The maximum atomic E-state index is 12.9. The van der Waals surface area contributed by atoms with Gasteiger partial charge in [0.15, 0.2) is 0 Å². The Kier molecular flexibility index (Phi) is 5.79. The summed E-state index contributed by atoms with van der Waals surface area (Å²) in [5, 5.41) is 9.68. The van der Waals surface area contributed by atoms with Gasteiger partial charge in [-0.25, -0.2) is 0 Å². The second-order valence-corrected chi connectivity index (χ2v) is 6.42. The molecule has 1 saturated heterocycles. The lowest BCUT2D eigenvalue weighted by Crippen LogP contribution is -2.51. The largest absolute Gasteiger partial charge is 0.496 e. The second-order valence-electron chi connectivity index (χ2n) is 6.42. The van der Waals surface area contributed by atoms with E-state index < -0.39 is 11.7 Å². The van der Waals surface area contributed by atoms with Crippen LogP contribution >= 0.6 is 0 Å². The summed E-state index contributed by atoms with van der Waals surface area (Å²) >= 11 is 0. The minimum Gasteiger partial charge on any atom is -0.496 e. The third-order valence-corrected chi connectivity index (χ3v) is 4.83. The molecule has 0 spiro atoms. The number of amides is 2. The molecule has 1 fully saturated rings. The van der Waals surface area contributed by atoms with Crippen molar-refractivity contribution < 1.29 is 19.1 Å². The van der Waals surface area contributed by atoms with E-state index >= 15 is 0 Å². The van der Waals surface area contributed by atoms with Gasteiger partial charge in [-0.05, 0) is 12.1 Å². The van der Waals surface area contributed by atoms with E-state index in [0.717, 1.165) is 0 Å². The van der Waals surface area contributed by atoms with Crippen molar-refractivity contribution in [2.45, 2.75) is 0 Å². The molecule has 0 bridgehead atoms. The number of nitrogens with zero attached hydrogens (tertiary/aromatic N) is 3. The Morgan fingerprint density at radius 3 is 2.52 bits per heavy atom. The topological polar surface area (TPSA) is 107 Å². The van der Waals surface area contributed by atoms with Crippen molar-refractivity contribution in [1.82, 2.24) is 14.8 Å². The van der Waals surface area contributed by atoms with Gasteiger partial charge >= 0.3 is 0 Å². The number of benzene rings is 1. The number of aromatic nitrogens is 1. The number of H-pyrrole nitrogens is 1. The molecule has 0 atom stereocenters. The summed E-state index contributed by atoms with van der Waals surface area (Å²) in [6, 6.07) is 5.24. The third-order valence-electron chi connectivity index (χ3n) is 4.83. The summed E-state index contributed by atoms with van der Waals surface area (Å²) in [5.74, 6) is -1.09. The molecule has 1 aliphatic rings. The van der Waals surface area contributed by atoms with Crippen molar-refractivity contribution in [2.24, 2.45) is 0 Å². The SMILES string of the molecule is C=C/C=C/C(=O)N1CCN(C(=O)C(=O)c2c[nH]c3c(C#N)ccc(OC)c23)CC1. The number of Topliss-reactive ketones (excluding diaryl/α,β-unsaturated/α-hetero) is 1. The number of hydrogen-bond donors (Lipinski definition) is 1. The molecule has 1 aromatic carbocycles. The molecule has 0 unspecified atom stereocenters. The van der Waals surface area contributed by atoms with Crippen LogP contribution in [0.3, 0.4) is 0 Å². The lowest BCUT2D eigenvalue weighted by atomic mass is 10.0. The van der Waals surface area contributed by atoms with Crippen molar-refractivity contribution in [3.8, 4) is 11.8 Å². The van der Waals surface area contributed by atoms with Gasteiger partial charge < -0.3 is 19.5 Å². The van der Waals surface area contributed by atoms with E-state index in [0.29, 0.717) is 35.3 Å². The second kappa shape index (κ2) is 8.44. The number of piperazine rings is 1. The number of aromatic amines is 1. The first-order valence-electron chi connectivity index (χ1n) is 9.01. The van der Waals surface area contributed by atoms with Crippen LogP contribution in [0.2, 0.25) is 0 Å². The fourth-order valence-corrected chi connectivity index (χ4v) is 3.30. The molecular weight excluding hydrogens is 372 g/mol. The minimum atomic E-state index is -0.684. The number of fused-ring (bicyclic) bond motifs is 1. The number of nitriles is 1. The number of ketones is 1. The average Bonchev–Trinajstić information content (AvgIpc) is 3.21. The van der Waals surface area contributed by atoms with Crippen LogP contribution in [0.1, 0.15) is 15.9 Å². The first-order chi connectivity index (χ1) is 14.0. The monoisotopic (exact) mass is 392 g/mol. The molecule has 2 amide bonds. The summed E-state index contributed by atoms with van der Waals surface area (Å²) in [6.07, 6.45) is 5.92. The summed E-state index contributed by atoms with van der Waals surface area (Å²) in [6.45, 7) is 4.74. The molecule has 0 radical (unpaired) electrons. The highest BCUT2D eigenvalue weighted by molar-refractivity contribution is 6.45. The lowest BCUT2D eigenvalue weighted by molar-refractivity contribution is -0.134. The van der Waals surface area contributed by atoms with E-state index in [4.69, 9.17) is 4.74 Å². The van der Waals surface area contributed by atoms with Crippen LogP contribution in [0.25, 0.3) is 10.9 Å². The number of carbonyl (C=O) groups excluding carboxylic acids is 3. The van der Waals surface area contributed by atoms with Crippen molar-refractivity contribution in [3.63, 3.8) is 0 Å². The van der Waals surface area contributed by atoms with Crippen molar-refractivity contribution in [1.29, 1.82) is 5.26 Å². The minimum absolute atomic E-state index is 0.159. The molecule has 1 N–H and O–H groups in total. The maximum Gasteiger partial charge on any atom is 0.295 e. The Labute approximate surface area is 167 Å². The van der Waals surface area contributed by atoms with E-state index in [1.165, 1.54) is 30.4 Å². The highest BCUT2D eigenvalue weighted by Gasteiger charge is 2.30. The average molecular weight is 392 g/mol. The maximum absolute atomic E-state index is 12.9. The van der Waals surface area contributed by atoms with Crippen LogP contribution in [0, 0.1) is 11.3 Å². The first kappa shape index (κ1) is 19.9. The van der Waals surface area contributed by atoms with Gasteiger partial charge in [0.1, 0.15) is 11.8 Å². The van der Waals surface area contributed by atoms with Crippen LogP contribution in [-0.2, 0) is 9.59 Å². The Morgan fingerprint density at radius 2 is 1.90 bits per heavy atom. The normalized spacial score (nSPS) is 14.1. The van der Waals surface area contributed by atoms with Crippen LogP contribution in [0.15, 0.2) is 43.1 Å². The lowest BCUT2D eigenvalue weighted by Gasteiger charge is -2.33. The predicted octanol–water partition coefficient (Wildman–Crippen LogP) is 1.64. The highest BCUT2D eigenvalue weighted by Crippen LogP contribution is 2.31.